The van der Waals surface area contributed by atoms with Crippen molar-refractivity contribution in [2.45, 2.75) is 18.9 Å². The Morgan fingerprint density at radius 1 is 1.35 bits per heavy atom. The van der Waals surface area contributed by atoms with Crippen molar-refractivity contribution in [3.63, 3.8) is 0 Å². The Bertz CT molecular complexity index is 547. The fourth-order valence-corrected chi connectivity index (χ4v) is 2.26. The highest BCUT2D eigenvalue weighted by Gasteiger charge is 2.21. The predicted molar refractivity (Wildman–Crippen MR) is 80.5 cm³/mol. The number of nitrogens with one attached hydrogen (secondary N) is 2. The smallest absolute Gasteiger partial charge is 0.241 e. The molecule has 2 N–H and O–H groups in total. The van der Waals surface area contributed by atoms with Crippen LogP contribution in [0.25, 0.3) is 5.69 Å². The van der Waals surface area contributed by atoms with Crippen molar-refractivity contribution >= 4 is 24.0 Å². The van der Waals surface area contributed by atoms with Gasteiger partial charge in [0, 0.05) is 18.1 Å². The van der Waals surface area contributed by atoms with Crippen LogP contribution in [0.1, 0.15) is 12.8 Å². The molecule has 0 saturated carbocycles. The van der Waals surface area contributed by atoms with Gasteiger partial charge in [-0.05, 0) is 49.7 Å². The van der Waals surface area contributed by atoms with Crippen LogP contribution in [0.15, 0.2) is 42.7 Å². The van der Waals surface area contributed by atoms with E-state index in [1.807, 2.05) is 36.5 Å². The second kappa shape index (κ2) is 6.54. The van der Waals surface area contributed by atoms with Crippen molar-refractivity contribution in [2.75, 3.05) is 11.9 Å². The number of halogens is 1. The molecule has 0 aliphatic carbocycles. The van der Waals surface area contributed by atoms with Crippen LogP contribution in [0.5, 0.6) is 0 Å². The molecule has 1 aliphatic heterocycles. The van der Waals surface area contributed by atoms with Crippen molar-refractivity contribution in [2.24, 2.45) is 0 Å². The van der Waals surface area contributed by atoms with Gasteiger partial charge in [0.2, 0.25) is 5.91 Å². The van der Waals surface area contributed by atoms with E-state index in [4.69, 9.17) is 0 Å². The average molecular weight is 293 g/mol. The first kappa shape index (κ1) is 14.6. The monoisotopic (exact) mass is 292 g/mol. The summed E-state index contributed by atoms with van der Waals surface area (Å²) in [6.45, 7) is 0.927. The molecule has 2 aromatic rings. The summed E-state index contributed by atoms with van der Waals surface area (Å²) >= 11 is 0. The van der Waals surface area contributed by atoms with Gasteiger partial charge >= 0.3 is 0 Å². The third-order valence-electron chi connectivity index (χ3n) is 3.28. The van der Waals surface area contributed by atoms with Crippen molar-refractivity contribution in [3.8, 4) is 5.69 Å². The molecule has 1 aromatic heterocycles. The molecule has 0 bridgehead atoms. The number of hydrogen-bond acceptors (Lipinski definition) is 3. The van der Waals surface area contributed by atoms with Gasteiger partial charge in [0.1, 0.15) is 0 Å². The van der Waals surface area contributed by atoms with Crippen LogP contribution in [-0.4, -0.2) is 28.3 Å². The lowest BCUT2D eigenvalue weighted by Gasteiger charge is -2.11. The summed E-state index contributed by atoms with van der Waals surface area (Å²) in [5.41, 5.74) is 1.79. The number of nitrogens with zero attached hydrogens (tertiary/aromatic N) is 2. The van der Waals surface area contributed by atoms with Crippen molar-refractivity contribution in [1.29, 1.82) is 0 Å². The third kappa shape index (κ3) is 3.18. The highest BCUT2D eigenvalue weighted by Crippen LogP contribution is 2.14. The molecule has 1 saturated heterocycles. The van der Waals surface area contributed by atoms with Crippen molar-refractivity contribution in [1.82, 2.24) is 15.1 Å². The highest BCUT2D eigenvalue weighted by molar-refractivity contribution is 5.95. The molecule has 20 heavy (non-hydrogen) atoms. The van der Waals surface area contributed by atoms with E-state index < -0.39 is 0 Å². The molecule has 1 amide bonds. The molecular weight excluding hydrogens is 276 g/mol. The van der Waals surface area contributed by atoms with Gasteiger partial charge in [-0.25, -0.2) is 4.68 Å². The van der Waals surface area contributed by atoms with Crippen LogP contribution in [0.3, 0.4) is 0 Å². The third-order valence-corrected chi connectivity index (χ3v) is 3.28. The summed E-state index contributed by atoms with van der Waals surface area (Å²) in [5.74, 6) is 0.0457. The first-order chi connectivity index (χ1) is 9.33. The summed E-state index contributed by atoms with van der Waals surface area (Å²) in [6.07, 6.45) is 5.60. The summed E-state index contributed by atoms with van der Waals surface area (Å²) in [5, 5.41) is 10.3. The molecule has 106 valence electrons. The molecule has 0 unspecified atom stereocenters. The SMILES string of the molecule is Cl.O=C(Nc1ccc(-n2cccn2)cc1)[C@@H]1CCCN1. The zero-order valence-electron chi connectivity index (χ0n) is 11.0. The largest absolute Gasteiger partial charge is 0.325 e. The maximum Gasteiger partial charge on any atom is 0.241 e. The van der Waals surface area contributed by atoms with Crippen LogP contribution in [0, 0.1) is 0 Å². The van der Waals surface area contributed by atoms with Crippen molar-refractivity contribution < 1.29 is 4.79 Å². The zero-order chi connectivity index (χ0) is 13.1. The molecule has 0 spiro atoms. The van der Waals surface area contributed by atoms with Gasteiger partial charge in [-0.1, -0.05) is 0 Å². The Balaban J connectivity index is 0.00000147. The minimum Gasteiger partial charge on any atom is -0.325 e. The molecule has 6 heteroatoms. The fourth-order valence-electron chi connectivity index (χ4n) is 2.26. The minimum absolute atomic E-state index is 0. The quantitative estimate of drug-likeness (QED) is 0.909. The normalized spacial score (nSPS) is 17.5. The highest BCUT2D eigenvalue weighted by atomic mass is 35.5. The Kier molecular flexibility index (Phi) is 4.76. The standard InChI is InChI=1S/C14H16N4O.ClH/c19-14(13-3-1-8-15-13)17-11-4-6-12(7-5-11)18-10-2-9-16-18;/h2,4-7,9-10,13,15H,1,3,8H2,(H,17,19);1H/t13-;/m0./s1. The van der Waals surface area contributed by atoms with E-state index in [9.17, 15) is 4.79 Å². The van der Waals surface area contributed by atoms with Gasteiger partial charge in [-0.2, -0.15) is 5.10 Å². The van der Waals surface area contributed by atoms with Crippen LogP contribution in [0.2, 0.25) is 0 Å². The maximum absolute atomic E-state index is 11.9. The number of hydrogen-bond donors (Lipinski definition) is 2. The second-order valence-corrected chi connectivity index (χ2v) is 4.64. The van der Waals surface area contributed by atoms with E-state index in [1.165, 1.54) is 0 Å². The predicted octanol–water partition coefficient (Wildman–Crippen LogP) is 1.98. The lowest BCUT2D eigenvalue weighted by Crippen LogP contribution is -2.35. The van der Waals surface area contributed by atoms with E-state index in [-0.39, 0.29) is 24.4 Å². The van der Waals surface area contributed by atoms with E-state index >= 15 is 0 Å². The lowest BCUT2D eigenvalue weighted by molar-refractivity contribution is -0.117. The Hall–Kier alpha value is -1.85. The van der Waals surface area contributed by atoms with Gasteiger partial charge in [-0.3, -0.25) is 4.79 Å². The number of aromatic nitrogens is 2. The molecule has 1 aromatic carbocycles. The lowest BCUT2D eigenvalue weighted by atomic mass is 10.2. The number of amides is 1. The van der Waals surface area contributed by atoms with Gasteiger partial charge in [0.05, 0.1) is 11.7 Å². The number of benzene rings is 1. The van der Waals surface area contributed by atoms with E-state index in [0.29, 0.717) is 0 Å². The van der Waals surface area contributed by atoms with Crippen molar-refractivity contribution in [3.05, 3.63) is 42.7 Å². The minimum atomic E-state index is -0.0502. The average Bonchev–Trinajstić information content (AvgIpc) is 3.13. The number of rotatable bonds is 3. The Morgan fingerprint density at radius 2 is 2.15 bits per heavy atom. The van der Waals surface area contributed by atoms with Gasteiger partial charge in [0.15, 0.2) is 0 Å². The second-order valence-electron chi connectivity index (χ2n) is 4.64. The molecule has 0 radical (unpaired) electrons. The van der Waals surface area contributed by atoms with Gasteiger partial charge in [0.25, 0.3) is 0 Å². The molecule has 1 aliphatic rings. The molecule has 3 rings (SSSR count). The molecule has 2 heterocycles. The summed E-state index contributed by atoms with van der Waals surface area (Å²) in [6, 6.07) is 9.48. The summed E-state index contributed by atoms with van der Waals surface area (Å²) in [4.78, 5) is 11.9. The number of anilines is 1. The summed E-state index contributed by atoms with van der Waals surface area (Å²) < 4.78 is 1.78. The molecule has 5 nitrogen and oxygen atoms in total. The van der Waals surface area contributed by atoms with Crippen LogP contribution < -0.4 is 10.6 Å². The molecule has 1 fully saturated rings. The first-order valence-corrected chi connectivity index (χ1v) is 6.47. The maximum atomic E-state index is 11.9. The van der Waals surface area contributed by atoms with E-state index in [0.717, 1.165) is 30.8 Å². The topological polar surface area (TPSA) is 59.0 Å². The van der Waals surface area contributed by atoms with E-state index in [2.05, 4.69) is 15.7 Å². The number of carbonyl (C=O) groups excluding carboxylic acids is 1. The first-order valence-electron chi connectivity index (χ1n) is 6.47. The van der Waals surface area contributed by atoms with E-state index in [1.54, 1.807) is 10.9 Å². The van der Waals surface area contributed by atoms with Gasteiger partial charge < -0.3 is 10.6 Å². The Morgan fingerprint density at radius 3 is 2.75 bits per heavy atom. The molecular formula is C14H17ClN4O. The van der Waals surface area contributed by atoms with Gasteiger partial charge in [-0.15, -0.1) is 12.4 Å². The number of carbonyl (C=O) groups is 1. The zero-order valence-corrected chi connectivity index (χ0v) is 11.8. The molecule has 1 atom stereocenters. The summed E-state index contributed by atoms with van der Waals surface area (Å²) in [7, 11) is 0. The fraction of sp³-hybridized carbons (Fsp3) is 0.286. The van der Waals surface area contributed by atoms with Crippen LogP contribution in [0.4, 0.5) is 5.69 Å². The Labute approximate surface area is 123 Å². The van der Waals surface area contributed by atoms with Crippen LogP contribution >= 0.6 is 12.4 Å². The van der Waals surface area contributed by atoms with Crippen LogP contribution in [-0.2, 0) is 4.79 Å².